The SMILES string of the molecule is O=c1[nH]c(=O)c2cn(Nc3ccccc3)nc2[nH]1. The molecule has 0 radical (unpaired) electrons. The molecule has 0 fully saturated rings. The summed E-state index contributed by atoms with van der Waals surface area (Å²) < 4.78 is 0. The lowest BCUT2D eigenvalue weighted by Gasteiger charge is -2.03. The van der Waals surface area contributed by atoms with Gasteiger partial charge in [0, 0.05) is 0 Å². The van der Waals surface area contributed by atoms with Crippen LogP contribution in [0.4, 0.5) is 5.69 Å². The number of anilines is 1. The molecule has 0 unspecified atom stereocenters. The summed E-state index contributed by atoms with van der Waals surface area (Å²) >= 11 is 0. The van der Waals surface area contributed by atoms with E-state index in [1.807, 2.05) is 30.3 Å². The van der Waals surface area contributed by atoms with Crippen LogP contribution in [0, 0.1) is 0 Å². The van der Waals surface area contributed by atoms with Crippen LogP contribution in [0.25, 0.3) is 11.0 Å². The fourth-order valence-electron chi connectivity index (χ4n) is 1.64. The molecule has 0 atom stereocenters. The lowest BCUT2D eigenvalue weighted by Crippen LogP contribution is -2.21. The summed E-state index contributed by atoms with van der Waals surface area (Å²) in [6.45, 7) is 0. The largest absolute Gasteiger partial charge is 0.327 e. The number of aromatic nitrogens is 4. The fraction of sp³-hybridized carbons (Fsp3) is 0. The molecule has 90 valence electrons. The normalized spacial score (nSPS) is 10.7. The van der Waals surface area contributed by atoms with Gasteiger partial charge in [-0.25, -0.2) is 4.79 Å². The molecule has 3 aromatic rings. The molecule has 3 rings (SSSR count). The van der Waals surface area contributed by atoms with E-state index in [0.717, 1.165) is 5.69 Å². The van der Waals surface area contributed by atoms with Crippen LogP contribution in [0.1, 0.15) is 0 Å². The van der Waals surface area contributed by atoms with E-state index >= 15 is 0 Å². The molecule has 18 heavy (non-hydrogen) atoms. The average Bonchev–Trinajstić information content (AvgIpc) is 2.73. The monoisotopic (exact) mass is 243 g/mol. The van der Waals surface area contributed by atoms with Gasteiger partial charge in [-0.3, -0.25) is 20.2 Å². The zero-order chi connectivity index (χ0) is 12.5. The van der Waals surface area contributed by atoms with Crippen molar-refractivity contribution in [1.82, 2.24) is 19.9 Å². The molecule has 0 aliphatic rings. The minimum atomic E-state index is -0.572. The Kier molecular flexibility index (Phi) is 2.23. The van der Waals surface area contributed by atoms with Gasteiger partial charge >= 0.3 is 5.69 Å². The molecule has 0 spiro atoms. The quantitative estimate of drug-likeness (QED) is 0.602. The van der Waals surface area contributed by atoms with Gasteiger partial charge in [0.05, 0.1) is 11.9 Å². The first kappa shape index (κ1) is 10.3. The van der Waals surface area contributed by atoms with E-state index in [1.54, 1.807) is 0 Å². The minimum absolute atomic E-state index is 0.243. The number of hydrogen-bond acceptors (Lipinski definition) is 4. The Hall–Kier alpha value is -2.83. The van der Waals surface area contributed by atoms with Crippen molar-refractivity contribution in [3.63, 3.8) is 0 Å². The van der Waals surface area contributed by atoms with E-state index in [4.69, 9.17) is 0 Å². The molecule has 2 heterocycles. The number of nitrogens with zero attached hydrogens (tertiary/aromatic N) is 2. The van der Waals surface area contributed by atoms with E-state index in [2.05, 4.69) is 20.5 Å². The average molecular weight is 243 g/mol. The van der Waals surface area contributed by atoms with Gasteiger partial charge in [-0.15, -0.1) is 5.10 Å². The Labute approximate surface area is 100 Å². The number of hydrogen-bond donors (Lipinski definition) is 3. The molecule has 1 aromatic carbocycles. The molecule has 7 heteroatoms. The first-order valence-electron chi connectivity index (χ1n) is 5.26. The Morgan fingerprint density at radius 3 is 2.67 bits per heavy atom. The summed E-state index contributed by atoms with van der Waals surface area (Å²) in [6.07, 6.45) is 1.51. The van der Waals surface area contributed by atoms with Gasteiger partial charge in [-0.2, -0.15) is 4.79 Å². The summed E-state index contributed by atoms with van der Waals surface area (Å²) in [6, 6.07) is 9.37. The molecule has 0 aliphatic carbocycles. The van der Waals surface area contributed by atoms with Crippen LogP contribution in [0.15, 0.2) is 46.1 Å². The van der Waals surface area contributed by atoms with E-state index in [9.17, 15) is 9.59 Å². The number of fused-ring (bicyclic) bond motifs is 1. The predicted octanol–water partition coefficient (Wildman–Crippen LogP) is 0.288. The van der Waals surface area contributed by atoms with Crippen molar-refractivity contribution in [2.75, 3.05) is 5.43 Å². The zero-order valence-corrected chi connectivity index (χ0v) is 9.18. The lowest BCUT2D eigenvalue weighted by molar-refractivity contribution is 0.811. The molecule has 0 aliphatic heterocycles. The second kappa shape index (κ2) is 3.88. The van der Waals surface area contributed by atoms with Crippen molar-refractivity contribution >= 4 is 16.7 Å². The zero-order valence-electron chi connectivity index (χ0n) is 9.18. The van der Waals surface area contributed by atoms with Crippen molar-refractivity contribution in [3.05, 3.63) is 57.4 Å². The number of aromatic amines is 2. The van der Waals surface area contributed by atoms with Gasteiger partial charge in [0.2, 0.25) is 0 Å². The van der Waals surface area contributed by atoms with Gasteiger partial charge in [-0.1, -0.05) is 18.2 Å². The Bertz CT molecular complexity index is 799. The summed E-state index contributed by atoms with van der Waals surface area (Å²) in [5.74, 6) is 0. The third-order valence-corrected chi connectivity index (χ3v) is 2.44. The summed E-state index contributed by atoms with van der Waals surface area (Å²) in [5.41, 5.74) is 3.00. The van der Waals surface area contributed by atoms with Crippen LogP contribution in [0.5, 0.6) is 0 Å². The number of benzene rings is 1. The highest BCUT2D eigenvalue weighted by molar-refractivity contribution is 5.72. The van der Waals surface area contributed by atoms with E-state index in [-0.39, 0.29) is 5.65 Å². The molecule has 0 saturated carbocycles. The Balaban J connectivity index is 2.07. The van der Waals surface area contributed by atoms with E-state index < -0.39 is 11.2 Å². The number of H-pyrrole nitrogens is 2. The summed E-state index contributed by atoms with van der Waals surface area (Å²) in [5, 5.41) is 4.38. The Morgan fingerprint density at radius 2 is 1.89 bits per heavy atom. The summed E-state index contributed by atoms with van der Waals surface area (Å²) in [4.78, 5) is 28.6. The molecular formula is C11H9N5O2. The highest BCUT2D eigenvalue weighted by Gasteiger charge is 2.05. The van der Waals surface area contributed by atoms with Crippen LogP contribution < -0.4 is 16.7 Å². The van der Waals surface area contributed by atoms with Crippen molar-refractivity contribution in [2.45, 2.75) is 0 Å². The molecule has 0 saturated heterocycles. The highest BCUT2D eigenvalue weighted by Crippen LogP contribution is 2.07. The van der Waals surface area contributed by atoms with Gasteiger partial charge in [0.25, 0.3) is 5.56 Å². The first-order chi connectivity index (χ1) is 8.72. The molecule has 7 nitrogen and oxygen atoms in total. The van der Waals surface area contributed by atoms with Gasteiger partial charge < -0.3 is 0 Å². The van der Waals surface area contributed by atoms with Crippen LogP contribution in [0.3, 0.4) is 0 Å². The maximum absolute atomic E-state index is 11.5. The highest BCUT2D eigenvalue weighted by atomic mass is 16.2. The number of nitrogens with one attached hydrogen (secondary N) is 3. The minimum Gasteiger partial charge on any atom is -0.290 e. The van der Waals surface area contributed by atoms with Crippen LogP contribution in [0.2, 0.25) is 0 Å². The van der Waals surface area contributed by atoms with Gasteiger partial charge in [0.15, 0.2) is 5.65 Å². The topological polar surface area (TPSA) is 95.6 Å². The maximum atomic E-state index is 11.5. The Morgan fingerprint density at radius 1 is 1.11 bits per heavy atom. The van der Waals surface area contributed by atoms with Crippen LogP contribution in [-0.2, 0) is 0 Å². The molecule has 2 aromatic heterocycles. The van der Waals surface area contributed by atoms with Gasteiger partial charge in [0.1, 0.15) is 5.39 Å². The smallest absolute Gasteiger partial charge is 0.290 e. The molecule has 0 amide bonds. The van der Waals surface area contributed by atoms with E-state index in [1.165, 1.54) is 11.0 Å². The van der Waals surface area contributed by atoms with E-state index in [0.29, 0.717) is 5.39 Å². The summed E-state index contributed by atoms with van der Waals surface area (Å²) in [7, 11) is 0. The van der Waals surface area contributed by atoms with Crippen molar-refractivity contribution in [1.29, 1.82) is 0 Å². The number of para-hydroxylation sites is 1. The fourth-order valence-corrected chi connectivity index (χ4v) is 1.64. The van der Waals surface area contributed by atoms with Crippen molar-refractivity contribution in [3.8, 4) is 0 Å². The van der Waals surface area contributed by atoms with Crippen LogP contribution >= 0.6 is 0 Å². The first-order valence-corrected chi connectivity index (χ1v) is 5.26. The van der Waals surface area contributed by atoms with Crippen molar-refractivity contribution < 1.29 is 0 Å². The van der Waals surface area contributed by atoms with Crippen molar-refractivity contribution in [2.24, 2.45) is 0 Å². The maximum Gasteiger partial charge on any atom is 0.327 e. The predicted molar refractivity (Wildman–Crippen MR) is 66.4 cm³/mol. The lowest BCUT2D eigenvalue weighted by atomic mass is 10.3. The third-order valence-electron chi connectivity index (χ3n) is 2.44. The van der Waals surface area contributed by atoms with Crippen LogP contribution in [-0.4, -0.2) is 19.9 Å². The number of rotatable bonds is 2. The second-order valence-corrected chi connectivity index (χ2v) is 3.72. The molecule has 3 N–H and O–H groups in total. The molecular weight excluding hydrogens is 234 g/mol. The van der Waals surface area contributed by atoms with Gasteiger partial charge in [-0.05, 0) is 12.1 Å². The molecule has 0 bridgehead atoms. The second-order valence-electron chi connectivity index (χ2n) is 3.72. The standard InChI is InChI=1S/C11H9N5O2/c17-10-8-6-16(14-7-4-2-1-3-5-7)15-9(8)12-11(18)13-10/h1-6,14H,(H2,12,13,15,17,18). The third kappa shape index (κ3) is 1.77.